The van der Waals surface area contributed by atoms with Gasteiger partial charge in [0.1, 0.15) is 6.29 Å². The lowest BCUT2D eigenvalue weighted by Crippen LogP contribution is -2.14. The first-order chi connectivity index (χ1) is 7.47. The van der Waals surface area contributed by atoms with Gasteiger partial charge in [0.2, 0.25) is 0 Å². The highest BCUT2D eigenvalue weighted by molar-refractivity contribution is 5.67. The van der Waals surface area contributed by atoms with Crippen LogP contribution in [0.15, 0.2) is 47.1 Å². The van der Waals surface area contributed by atoms with Crippen LogP contribution in [0.4, 0.5) is 0 Å². The zero-order chi connectivity index (χ0) is 12.2. The molecule has 86 valence electrons. The predicted molar refractivity (Wildman–Crippen MR) is 69.2 cm³/mol. The summed E-state index contributed by atoms with van der Waals surface area (Å²) in [6.45, 7) is 8.53. The Kier molecular flexibility index (Phi) is 4.05. The van der Waals surface area contributed by atoms with E-state index in [1.54, 1.807) is 6.08 Å². The minimum Gasteiger partial charge on any atom is -0.299 e. The fourth-order valence-electron chi connectivity index (χ4n) is 2.01. The van der Waals surface area contributed by atoms with Gasteiger partial charge in [-0.05, 0) is 37.5 Å². The minimum absolute atomic E-state index is 0.0975. The summed E-state index contributed by atoms with van der Waals surface area (Å²) in [5, 5.41) is 0. The van der Waals surface area contributed by atoms with Crippen molar-refractivity contribution in [3.8, 4) is 0 Å². The third-order valence-corrected chi connectivity index (χ3v) is 2.96. The second-order valence-electron chi connectivity index (χ2n) is 4.90. The lowest BCUT2D eigenvalue weighted by molar-refractivity contribution is -0.104. The van der Waals surface area contributed by atoms with Crippen LogP contribution < -0.4 is 0 Å². The molecular formula is C15H20O. The van der Waals surface area contributed by atoms with E-state index in [1.807, 2.05) is 13.0 Å². The molecule has 1 aliphatic carbocycles. The fourth-order valence-corrected chi connectivity index (χ4v) is 2.01. The van der Waals surface area contributed by atoms with Gasteiger partial charge in [0.25, 0.3) is 0 Å². The molecule has 0 atom stereocenters. The maximum absolute atomic E-state index is 10.3. The van der Waals surface area contributed by atoms with E-state index in [4.69, 9.17) is 0 Å². The Morgan fingerprint density at radius 2 is 2.12 bits per heavy atom. The number of carbonyl (C=O) groups is 1. The van der Waals surface area contributed by atoms with Crippen molar-refractivity contribution in [3.63, 3.8) is 0 Å². The molecule has 1 heteroatoms. The maximum atomic E-state index is 10.3. The highest BCUT2D eigenvalue weighted by Crippen LogP contribution is 2.36. The van der Waals surface area contributed by atoms with Crippen LogP contribution in [-0.4, -0.2) is 6.29 Å². The Morgan fingerprint density at radius 3 is 2.69 bits per heavy atom. The topological polar surface area (TPSA) is 17.1 Å². The first-order valence-corrected chi connectivity index (χ1v) is 5.65. The van der Waals surface area contributed by atoms with E-state index in [0.29, 0.717) is 0 Å². The van der Waals surface area contributed by atoms with E-state index < -0.39 is 0 Å². The molecule has 0 amide bonds. The van der Waals surface area contributed by atoms with Crippen LogP contribution in [0.2, 0.25) is 0 Å². The van der Waals surface area contributed by atoms with Gasteiger partial charge in [-0.25, -0.2) is 0 Å². The van der Waals surface area contributed by atoms with Gasteiger partial charge in [-0.2, -0.15) is 0 Å². The second kappa shape index (κ2) is 5.11. The van der Waals surface area contributed by atoms with Gasteiger partial charge >= 0.3 is 0 Å². The Balaban J connectivity index is 2.95. The van der Waals surface area contributed by atoms with Crippen LogP contribution >= 0.6 is 0 Å². The van der Waals surface area contributed by atoms with Crippen molar-refractivity contribution < 1.29 is 4.79 Å². The predicted octanol–water partition coefficient (Wildman–Crippen LogP) is 3.99. The molecule has 0 aromatic rings. The van der Waals surface area contributed by atoms with Crippen molar-refractivity contribution in [2.45, 2.75) is 34.1 Å². The molecule has 0 radical (unpaired) electrons. The molecule has 0 saturated heterocycles. The first kappa shape index (κ1) is 12.7. The third-order valence-electron chi connectivity index (χ3n) is 2.96. The summed E-state index contributed by atoms with van der Waals surface area (Å²) in [7, 11) is 0. The van der Waals surface area contributed by atoms with Crippen LogP contribution in [0.3, 0.4) is 0 Å². The van der Waals surface area contributed by atoms with E-state index in [0.717, 1.165) is 18.3 Å². The largest absolute Gasteiger partial charge is 0.299 e. The number of hydrogen-bond donors (Lipinski definition) is 0. The molecule has 0 aromatic heterocycles. The zero-order valence-electron chi connectivity index (χ0n) is 10.6. The summed E-state index contributed by atoms with van der Waals surface area (Å²) < 4.78 is 0. The first-order valence-electron chi connectivity index (χ1n) is 5.65. The highest BCUT2D eigenvalue weighted by atomic mass is 16.1. The van der Waals surface area contributed by atoms with Gasteiger partial charge in [0, 0.05) is 5.41 Å². The Hall–Kier alpha value is -1.37. The lowest BCUT2D eigenvalue weighted by atomic mass is 9.77. The van der Waals surface area contributed by atoms with E-state index in [1.165, 1.54) is 11.1 Å². The Morgan fingerprint density at radius 1 is 1.44 bits per heavy atom. The molecule has 0 heterocycles. The van der Waals surface area contributed by atoms with E-state index in [-0.39, 0.29) is 5.41 Å². The van der Waals surface area contributed by atoms with Crippen LogP contribution in [0, 0.1) is 5.41 Å². The summed E-state index contributed by atoms with van der Waals surface area (Å²) in [5.74, 6) is 0. The molecule has 0 fully saturated rings. The summed E-state index contributed by atoms with van der Waals surface area (Å²) in [4.78, 5) is 10.3. The van der Waals surface area contributed by atoms with Gasteiger partial charge in [0.05, 0.1) is 0 Å². The van der Waals surface area contributed by atoms with Gasteiger partial charge < -0.3 is 0 Å². The Bertz CT molecular complexity index is 390. The van der Waals surface area contributed by atoms with Crippen molar-refractivity contribution in [2.24, 2.45) is 5.41 Å². The molecule has 1 rings (SSSR count). The van der Waals surface area contributed by atoms with Crippen LogP contribution in [0.25, 0.3) is 0 Å². The zero-order valence-corrected chi connectivity index (χ0v) is 10.6. The standard InChI is InChI=1S/C15H20O/c1-12(9-11-16)7-8-14-13(2)6-5-10-15(14,3)4/h5,7-11H,6H2,1-4H3/b8-7+,12-9-. The number of carbonyl (C=O) groups excluding carboxylic acids is 1. The number of rotatable bonds is 3. The van der Waals surface area contributed by atoms with Gasteiger partial charge in [-0.15, -0.1) is 0 Å². The molecular weight excluding hydrogens is 196 g/mol. The van der Waals surface area contributed by atoms with Gasteiger partial charge in [-0.1, -0.05) is 43.7 Å². The monoisotopic (exact) mass is 216 g/mol. The number of allylic oxidation sites excluding steroid dienone is 8. The second-order valence-corrected chi connectivity index (χ2v) is 4.90. The smallest absolute Gasteiger partial charge is 0.143 e. The molecule has 0 unspecified atom stereocenters. The maximum Gasteiger partial charge on any atom is 0.143 e. The van der Waals surface area contributed by atoms with Crippen molar-refractivity contribution in [2.75, 3.05) is 0 Å². The number of hydrogen-bond acceptors (Lipinski definition) is 1. The third kappa shape index (κ3) is 3.06. The summed E-state index contributed by atoms with van der Waals surface area (Å²) >= 11 is 0. The van der Waals surface area contributed by atoms with Crippen molar-refractivity contribution in [1.82, 2.24) is 0 Å². The summed E-state index contributed by atoms with van der Waals surface area (Å²) in [5.41, 5.74) is 3.84. The van der Waals surface area contributed by atoms with Gasteiger partial charge in [-0.3, -0.25) is 4.79 Å². The number of aldehydes is 1. The quantitative estimate of drug-likeness (QED) is 0.302. The van der Waals surface area contributed by atoms with Gasteiger partial charge in [0.15, 0.2) is 0 Å². The average molecular weight is 216 g/mol. The minimum atomic E-state index is 0.0975. The van der Waals surface area contributed by atoms with Crippen molar-refractivity contribution in [3.05, 3.63) is 47.1 Å². The van der Waals surface area contributed by atoms with Crippen molar-refractivity contribution >= 4 is 6.29 Å². The Labute approximate surface area is 98.2 Å². The molecule has 0 saturated carbocycles. The molecule has 0 aromatic carbocycles. The molecule has 0 bridgehead atoms. The van der Waals surface area contributed by atoms with E-state index in [9.17, 15) is 4.79 Å². The van der Waals surface area contributed by atoms with Crippen molar-refractivity contribution in [1.29, 1.82) is 0 Å². The van der Waals surface area contributed by atoms with Crippen LogP contribution in [0.1, 0.15) is 34.1 Å². The molecule has 16 heavy (non-hydrogen) atoms. The lowest BCUT2D eigenvalue weighted by Gasteiger charge is -2.28. The average Bonchev–Trinajstić information content (AvgIpc) is 2.16. The summed E-state index contributed by atoms with van der Waals surface area (Å²) in [6, 6.07) is 0. The SMILES string of the molecule is CC1=C(/C=C/C(C)=C\C=O)C(C)(C)C=CC1. The fraction of sp³-hybridized carbons (Fsp3) is 0.400. The van der Waals surface area contributed by atoms with E-state index in [2.05, 4.69) is 39.0 Å². The molecule has 0 N–H and O–H groups in total. The summed E-state index contributed by atoms with van der Waals surface area (Å²) in [6.07, 6.45) is 12.0. The highest BCUT2D eigenvalue weighted by Gasteiger charge is 2.22. The molecule has 0 aliphatic heterocycles. The normalized spacial score (nSPS) is 20.6. The molecule has 1 aliphatic rings. The molecule has 0 spiro atoms. The van der Waals surface area contributed by atoms with Crippen LogP contribution in [0.5, 0.6) is 0 Å². The molecule has 1 nitrogen and oxygen atoms in total. The van der Waals surface area contributed by atoms with E-state index >= 15 is 0 Å². The van der Waals surface area contributed by atoms with Crippen LogP contribution in [-0.2, 0) is 4.79 Å².